The Bertz CT molecular complexity index is 379. The molecule has 1 heterocycles. The summed E-state index contributed by atoms with van der Waals surface area (Å²) in [4.78, 5) is 1.39. The molecular formula is C14H21BrClNS. The van der Waals surface area contributed by atoms with Gasteiger partial charge in [-0.15, -0.1) is 11.3 Å². The Hall–Kier alpha value is 0.430. The number of nitrogens with one attached hydrogen (secondary N) is 1. The first kappa shape index (κ1) is 14.8. The molecule has 102 valence electrons. The first-order valence-corrected chi connectivity index (χ1v) is 8.80. The van der Waals surface area contributed by atoms with Crippen molar-refractivity contribution in [2.24, 2.45) is 5.41 Å². The van der Waals surface area contributed by atoms with Crippen LogP contribution in [0.25, 0.3) is 0 Å². The quantitative estimate of drug-likeness (QED) is 0.709. The lowest BCUT2D eigenvalue weighted by Crippen LogP contribution is -2.35. The van der Waals surface area contributed by atoms with Crippen molar-refractivity contribution < 1.29 is 0 Å². The van der Waals surface area contributed by atoms with Gasteiger partial charge in [0.15, 0.2) is 0 Å². The third kappa shape index (κ3) is 2.79. The van der Waals surface area contributed by atoms with E-state index in [2.05, 4.69) is 41.2 Å². The zero-order valence-corrected chi connectivity index (χ0v) is 14.2. The molecule has 1 aliphatic rings. The van der Waals surface area contributed by atoms with Crippen LogP contribution in [-0.2, 0) is 0 Å². The highest BCUT2D eigenvalue weighted by molar-refractivity contribution is 9.11. The molecule has 0 spiro atoms. The highest BCUT2D eigenvalue weighted by atomic mass is 79.9. The Morgan fingerprint density at radius 1 is 1.44 bits per heavy atom. The summed E-state index contributed by atoms with van der Waals surface area (Å²) in [5, 5.41) is 4.55. The summed E-state index contributed by atoms with van der Waals surface area (Å²) in [6, 6.07) is 2.60. The second-order valence-electron chi connectivity index (χ2n) is 5.18. The summed E-state index contributed by atoms with van der Waals surface area (Å²) in [5.74, 6) is 0. The zero-order valence-electron chi connectivity index (χ0n) is 11.1. The van der Waals surface area contributed by atoms with Crippen LogP contribution >= 0.6 is 38.9 Å². The van der Waals surface area contributed by atoms with Crippen LogP contribution in [-0.4, -0.2) is 6.54 Å². The second kappa shape index (κ2) is 6.25. The van der Waals surface area contributed by atoms with Gasteiger partial charge in [-0.2, -0.15) is 0 Å². The monoisotopic (exact) mass is 349 g/mol. The molecule has 0 radical (unpaired) electrons. The lowest BCUT2D eigenvalue weighted by Gasteiger charge is -2.37. The van der Waals surface area contributed by atoms with Crippen LogP contribution in [0.4, 0.5) is 0 Å². The number of hydrogen-bond acceptors (Lipinski definition) is 2. The van der Waals surface area contributed by atoms with E-state index in [1.165, 1.54) is 37.0 Å². The van der Waals surface area contributed by atoms with Crippen LogP contribution in [0.3, 0.4) is 0 Å². The first-order valence-electron chi connectivity index (χ1n) is 6.81. The van der Waals surface area contributed by atoms with Crippen molar-refractivity contribution in [3.63, 3.8) is 0 Å². The van der Waals surface area contributed by atoms with E-state index in [1.807, 2.05) is 0 Å². The third-order valence-electron chi connectivity index (χ3n) is 4.27. The summed E-state index contributed by atoms with van der Waals surface area (Å²) in [6.07, 6.45) is 6.67. The standard InChI is InChI=1S/C14H21BrClNS/c1-3-14(7-5-6-8-14)12(17-4-2)11-9-10(16)13(15)18-11/h9,12,17H,3-8H2,1-2H3. The Kier molecular flexibility index (Phi) is 5.15. The van der Waals surface area contributed by atoms with Gasteiger partial charge in [0.1, 0.15) is 0 Å². The van der Waals surface area contributed by atoms with E-state index in [0.29, 0.717) is 11.5 Å². The van der Waals surface area contributed by atoms with Crippen molar-refractivity contribution in [2.45, 2.75) is 52.0 Å². The van der Waals surface area contributed by atoms with E-state index in [0.717, 1.165) is 15.4 Å². The molecule has 1 aliphatic carbocycles. The van der Waals surface area contributed by atoms with Crippen molar-refractivity contribution in [2.75, 3.05) is 6.54 Å². The van der Waals surface area contributed by atoms with Gasteiger partial charge in [-0.25, -0.2) is 0 Å². The van der Waals surface area contributed by atoms with Crippen molar-refractivity contribution in [3.05, 3.63) is 19.8 Å². The van der Waals surface area contributed by atoms with Crippen molar-refractivity contribution in [1.29, 1.82) is 0 Å². The lowest BCUT2D eigenvalue weighted by atomic mass is 9.75. The summed E-state index contributed by atoms with van der Waals surface area (Å²) in [5.41, 5.74) is 0.434. The second-order valence-corrected chi connectivity index (χ2v) is 7.99. The minimum Gasteiger partial charge on any atom is -0.309 e. The lowest BCUT2D eigenvalue weighted by molar-refractivity contribution is 0.192. The highest BCUT2D eigenvalue weighted by Crippen LogP contribution is 2.52. The molecule has 0 amide bonds. The predicted octanol–water partition coefficient (Wildman–Crippen LogP) is 5.79. The molecule has 0 saturated heterocycles. The van der Waals surface area contributed by atoms with E-state index in [1.54, 1.807) is 11.3 Å². The van der Waals surface area contributed by atoms with Gasteiger partial charge in [0.2, 0.25) is 0 Å². The number of rotatable bonds is 5. The smallest absolute Gasteiger partial charge is 0.0888 e. The maximum Gasteiger partial charge on any atom is 0.0888 e. The Balaban J connectivity index is 2.32. The van der Waals surface area contributed by atoms with E-state index in [9.17, 15) is 0 Å². The summed E-state index contributed by atoms with van der Waals surface area (Å²) in [7, 11) is 0. The van der Waals surface area contributed by atoms with E-state index in [4.69, 9.17) is 11.6 Å². The van der Waals surface area contributed by atoms with Gasteiger partial charge in [-0.3, -0.25) is 0 Å². The van der Waals surface area contributed by atoms with E-state index >= 15 is 0 Å². The third-order valence-corrected chi connectivity index (χ3v) is 6.81. The Morgan fingerprint density at radius 3 is 2.56 bits per heavy atom. The zero-order chi connectivity index (χ0) is 13.2. The molecule has 1 nitrogen and oxygen atoms in total. The molecule has 2 rings (SSSR count). The first-order chi connectivity index (χ1) is 8.63. The van der Waals surface area contributed by atoms with Crippen LogP contribution in [0.15, 0.2) is 9.85 Å². The molecule has 1 aromatic rings. The van der Waals surface area contributed by atoms with Gasteiger partial charge in [0.05, 0.1) is 8.81 Å². The molecule has 4 heteroatoms. The van der Waals surface area contributed by atoms with E-state index < -0.39 is 0 Å². The molecule has 0 aliphatic heterocycles. The highest BCUT2D eigenvalue weighted by Gasteiger charge is 2.40. The summed E-state index contributed by atoms with van der Waals surface area (Å²) >= 11 is 11.5. The molecule has 1 atom stereocenters. The normalized spacial score (nSPS) is 20.2. The van der Waals surface area contributed by atoms with Gasteiger partial charge < -0.3 is 5.32 Å². The molecule has 1 fully saturated rings. The molecule has 1 N–H and O–H groups in total. The fourth-order valence-electron chi connectivity index (χ4n) is 3.25. The molecule has 1 saturated carbocycles. The van der Waals surface area contributed by atoms with Crippen molar-refractivity contribution >= 4 is 38.9 Å². The Labute approximate surface area is 127 Å². The van der Waals surface area contributed by atoms with Gasteiger partial charge in [-0.1, -0.05) is 38.3 Å². The van der Waals surface area contributed by atoms with Gasteiger partial charge >= 0.3 is 0 Å². The maximum absolute atomic E-state index is 6.20. The van der Waals surface area contributed by atoms with Gasteiger partial charge in [-0.05, 0) is 53.2 Å². The fraction of sp³-hybridized carbons (Fsp3) is 0.714. The molecular weight excluding hydrogens is 330 g/mol. The topological polar surface area (TPSA) is 12.0 Å². The average molecular weight is 351 g/mol. The molecule has 1 unspecified atom stereocenters. The number of thiophene rings is 1. The number of hydrogen-bond donors (Lipinski definition) is 1. The SMILES string of the molecule is CCNC(c1cc(Cl)c(Br)s1)C1(CC)CCCC1. The summed E-state index contributed by atoms with van der Waals surface area (Å²) in [6.45, 7) is 5.54. The predicted molar refractivity (Wildman–Crippen MR) is 84.6 cm³/mol. The van der Waals surface area contributed by atoms with Crippen molar-refractivity contribution in [1.82, 2.24) is 5.32 Å². The summed E-state index contributed by atoms with van der Waals surface area (Å²) < 4.78 is 1.06. The minimum atomic E-state index is 0.434. The van der Waals surface area contributed by atoms with Crippen molar-refractivity contribution in [3.8, 4) is 0 Å². The van der Waals surface area contributed by atoms with E-state index in [-0.39, 0.29) is 0 Å². The molecule has 1 aromatic heterocycles. The fourth-order valence-corrected chi connectivity index (χ4v) is 5.22. The van der Waals surface area contributed by atoms with Crippen LogP contribution in [0.2, 0.25) is 5.02 Å². The van der Waals surface area contributed by atoms with Crippen LogP contribution < -0.4 is 5.32 Å². The van der Waals surface area contributed by atoms with Gasteiger partial charge in [0.25, 0.3) is 0 Å². The largest absolute Gasteiger partial charge is 0.309 e. The van der Waals surface area contributed by atoms with Crippen LogP contribution in [0, 0.1) is 5.41 Å². The molecule has 0 bridgehead atoms. The number of halogens is 2. The minimum absolute atomic E-state index is 0.434. The average Bonchev–Trinajstić information content (AvgIpc) is 2.95. The maximum atomic E-state index is 6.20. The van der Waals surface area contributed by atoms with Crippen LogP contribution in [0.5, 0.6) is 0 Å². The Morgan fingerprint density at radius 2 is 2.11 bits per heavy atom. The molecule has 0 aromatic carbocycles. The molecule has 18 heavy (non-hydrogen) atoms. The van der Waals surface area contributed by atoms with Gasteiger partial charge in [0, 0.05) is 10.9 Å². The van der Waals surface area contributed by atoms with Crippen LogP contribution in [0.1, 0.15) is 56.9 Å².